The first kappa shape index (κ1) is 23.7. The average Bonchev–Trinajstić information content (AvgIpc) is 3.21. The number of nitrogens with zero attached hydrogens (tertiary/aromatic N) is 3. The molecule has 13 heteroatoms. The van der Waals surface area contributed by atoms with E-state index in [-0.39, 0.29) is 15.4 Å². The maximum Gasteiger partial charge on any atom is 0.257 e. The van der Waals surface area contributed by atoms with Crippen LogP contribution >= 0.6 is 11.3 Å². The fraction of sp³-hybridized carbons (Fsp3) is 0.300. The topological polar surface area (TPSA) is 126 Å². The number of nitrogens with one attached hydrogen (secondary N) is 1. The van der Waals surface area contributed by atoms with Crippen molar-refractivity contribution in [1.29, 1.82) is 0 Å². The molecule has 10 nitrogen and oxygen atoms in total. The van der Waals surface area contributed by atoms with Gasteiger partial charge < -0.3 is 4.74 Å². The van der Waals surface area contributed by atoms with Crippen LogP contribution in [0.2, 0.25) is 0 Å². The Bertz CT molecular complexity index is 1390. The molecule has 1 aliphatic rings. The van der Waals surface area contributed by atoms with E-state index in [1.54, 1.807) is 6.07 Å². The summed E-state index contributed by atoms with van der Waals surface area (Å²) in [5.74, 6) is -0.453. The van der Waals surface area contributed by atoms with E-state index in [1.807, 2.05) is 0 Å². The number of carbonyl (C=O) groups excluding carboxylic acids is 1. The van der Waals surface area contributed by atoms with Crippen molar-refractivity contribution >= 4 is 52.6 Å². The number of benzene rings is 2. The quantitative estimate of drug-likeness (QED) is 0.536. The van der Waals surface area contributed by atoms with E-state index in [4.69, 9.17) is 4.74 Å². The Morgan fingerprint density at radius 1 is 1.03 bits per heavy atom. The van der Waals surface area contributed by atoms with Gasteiger partial charge in [0.05, 0.1) is 33.2 Å². The molecule has 0 bridgehead atoms. The van der Waals surface area contributed by atoms with Gasteiger partial charge in [0.2, 0.25) is 20.0 Å². The molecule has 2 heterocycles. The molecule has 1 N–H and O–H groups in total. The van der Waals surface area contributed by atoms with Crippen LogP contribution in [-0.4, -0.2) is 76.7 Å². The van der Waals surface area contributed by atoms with Gasteiger partial charge in [-0.2, -0.15) is 4.31 Å². The predicted molar refractivity (Wildman–Crippen MR) is 124 cm³/mol. The molecule has 0 aliphatic carbocycles. The Labute approximate surface area is 195 Å². The van der Waals surface area contributed by atoms with Gasteiger partial charge >= 0.3 is 0 Å². The molecule has 1 amide bonds. The highest BCUT2D eigenvalue weighted by Crippen LogP contribution is 2.29. The van der Waals surface area contributed by atoms with E-state index >= 15 is 0 Å². The number of morpholine rings is 1. The van der Waals surface area contributed by atoms with Gasteiger partial charge in [-0.15, -0.1) is 0 Å². The molecule has 0 atom stereocenters. The van der Waals surface area contributed by atoms with Crippen molar-refractivity contribution in [2.24, 2.45) is 0 Å². The molecule has 1 aromatic heterocycles. The second-order valence-corrected chi connectivity index (χ2v) is 12.6. The molecule has 1 aliphatic heterocycles. The highest BCUT2D eigenvalue weighted by molar-refractivity contribution is 7.89. The zero-order valence-electron chi connectivity index (χ0n) is 17.9. The fourth-order valence-corrected chi connectivity index (χ4v) is 6.52. The minimum Gasteiger partial charge on any atom is -0.379 e. The highest BCUT2D eigenvalue weighted by atomic mass is 32.2. The number of hydrogen-bond acceptors (Lipinski definition) is 8. The standard InChI is InChI=1S/C20H22N4O6S3/c1-23(2)32(26,27)16-7-8-17-18(13-16)31-20(21-17)22-19(25)14-3-5-15(6-4-14)33(28,29)24-9-11-30-12-10-24/h3-8,13H,9-12H2,1-2H3,(H,21,22,25). The van der Waals surface area contributed by atoms with Crippen LogP contribution in [0.1, 0.15) is 10.4 Å². The first-order chi connectivity index (χ1) is 15.6. The van der Waals surface area contributed by atoms with Crippen molar-refractivity contribution in [3.63, 3.8) is 0 Å². The predicted octanol–water partition coefficient (Wildman–Crippen LogP) is 1.82. The lowest BCUT2D eigenvalue weighted by atomic mass is 10.2. The van der Waals surface area contributed by atoms with E-state index in [0.29, 0.717) is 41.7 Å². The Morgan fingerprint density at radius 2 is 1.67 bits per heavy atom. The number of fused-ring (bicyclic) bond motifs is 1. The van der Waals surface area contributed by atoms with Crippen LogP contribution in [0.3, 0.4) is 0 Å². The minimum atomic E-state index is -3.64. The van der Waals surface area contributed by atoms with Crippen LogP contribution in [0.5, 0.6) is 0 Å². The number of aromatic nitrogens is 1. The van der Waals surface area contributed by atoms with Gasteiger partial charge in [-0.25, -0.2) is 26.1 Å². The first-order valence-corrected chi connectivity index (χ1v) is 13.6. The molecule has 1 fully saturated rings. The molecular weight excluding hydrogens is 488 g/mol. The smallest absolute Gasteiger partial charge is 0.257 e. The summed E-state index contributed by atoms with van der Waals surface area (Å²) >= 11 is 1.15. The monoisotopic (exact) mass is 510 g/mol. The van der Waals surface area contributed by atoms with Crippen molar-refractivity contribution in [2.75, 3.05) is 45.7 Å². The van der Waals surface area contributed by atoms with E-state index in [0.717, 1.165) is 15.6 Å². The lowest BCUT2D eigenvalue weighted by Crippen LogP contribution is -2.40. The van der Waals surface area contributed by atoms with E-state index < -0.39 is 26.0 Å². The maximum absolute atomic E-state index is 12.7. The van der Waals surface area contributed by atoms with Crippen molar-refractivity contribution in [1.82, 2.24) is 13.6 Å². The number of rotatable bonds is 6. The van der Waals surface area contributed by atoms with Gasteiger partial charge in [0, 0.05) is 32.7 Å². The molecule has 4 rings (SSSR count). The number of hydrogen-bond donors (Lipinski definition) is 1. The lowest BCUT2D eigenvalue weighted by Gasteiger charge is -2.26. The van der Waals surface area contributed by atoms with Crippen LogP contribution in [-0.2, 0) is 24.8 Å². The molecule has 3 aromatic rings. The second kappa shape index (κ2) is 9.08. The third-order valence-corrected chi connectivity index (χ3v) is 9.74. The Kier molecular flexibility index (Phi) is 6.53. The van der Waals surface area contributed by atoms with Gasteiger partial charge in [0.15, 0.2) is 5.13 Å². The normalized spacial score (nSPS) is 15.7. The Hall–Kier alpha value is -2.42. The van der Waals surface area contributed by atoms with Crippen LogP contribution in [0.25, 0.3) is 10.2 Å². The number of thiazole rings is 1. The van der Waals surface area contributed by atoms with Crippen LogP contribution < -0.4 is 5.32 Å². The highest BCUT2D eigenvalue weighted by Gasteiger charge is 2.26. The Balaban J connectivity index is 1.51. The van der Waals surface area contributed by atoms with Crippen molar-refractivity contribution in [2.45, 2.75) is 9.79 Å². The summed E-state index contributed by atoms with van der Waals surface area (Å²) in [5, 5.41) is 2.99. The molecule has 176 valence electrons. The summed E-state index contributed by atoms with van der Waals surface area (Å²) < 4.78 is 58.4. The Morgan fingerprint density at radius 3 is 2.30 bits per heavy atom. The van der Waals surface area contributed by atoms with E-state index in [1.165, 1.54) is 54.8 Å². The number of amides is 1. The molecule has 0 unspecified atom stereocenters. The zero-order chi connectivity index (χ0) is 23.8. The fourth-order valence-electron chi connectivity index (χ4n) is 3.21. The number of ether oxygens (including phenoxy) is 1. The number of anilines is 1. The largest absolute Gasteiger partial charge is 0.379 e. The molecule has 0 saturated carbocycles. The summed E-state index contributed by atoms with van der Waals surface area (Å²) in [6, 6.07) is 10.3. The SMILES string of the molecule is CN(C)S(=O)(=O)c1ccc2nc(NC(=O)c3ccc(S(=O)(=O)N4CCOCC4)cc3)sc2c1. The maximum atomic E-state index is 12.7. The van der Waals surface area contributed by atoms with Gasteiger partial charge in [-0.1, -0.05) is 11.3 Å². The van der Waals surface area contributed by atoms with Crippen LogP contribution in [0, 0.1) is 0 Å². The summed E-state index contributed by atoms with van der Waals surface area (Å²) in [6.45, 7) is 1.29. The van der Waals surface area contributed by atoms with Gasteiger partial charge in [0.25, 0.3) is 5.91 Å². The zero-order valence-corrected chi connectivity index (χ0v) is 20.3. The number of carbonyl (C=O) groups is 1. The van der Waals surface area contributed by atoms with Gasteiger partial charge in [-0.05, 0) is 42.5 Å². The van der Waals surface area contributed by atoms with Crippen LogP contribution in [0.15, 0.2) is 52.3 Å². The summed E-state index contributed by atoms with van der Waals surface area (Å²) in [4.78, 5) is 17.2. The molecule has 0 radical (unpaired) electrons. The van der Waals surface area contributed by atoms with Crippen molar-refractivity contribution in [3.8, 4) is 0 Å². The third kappa shape index (κ3) is 4.78. The minimum absolute atomic E-state index is 0.107. The molecule has 33 heavy (non-hydrogen) atoms. The van der Waals surface area contributed by atoms with E-state index in [9.17, 15) is 21.6 Å². The molecular formula is C20H22N4O6S3. The molecule has 1 saturated heterocycles. The average molecular weight is 511 g/mol. The van der Waals surface area contributed by atoms with Crippen molar-refractivity contribution in [3.05, 3.63) is 48.0 Å². The second-order valence-electron chi connectivity index (χ2n) is 7.43. The first-order valence-electron chi connectivity index (χ1n) is 9.91. The molecule has 2 aromatic carbocycles. The van der Waals surface area contributed by atoms with Gasteiger partial charge in [-0.3, -0.25) is 10.1 Å². The van der Waals surface area contributed by atoms with Crippen LogP contribution in [0.4, 0.5) is 5.13 Å². The number of sulfonamides is 2. The van der Waals surface area contributed by atoms with E-state index in [2.05, 4.69) is 10.3 Å². The van der Waals surface area contributed by atoms with Gasteiger partial charge in [0.1, 0.15) is 0 Å². The summed E-state index contributed by atoms with van der Waals surface area (Å²) in [7, 11) is -4.32. The third-order valence-electron chi connectivity index (χ3n) is 5.08. The van der Waals surface area contributed by atoms with Crippen molar-refractivity contribution < 1.29 is 26.4 Å². The lowest BCUT2D eigenvalue weighted by molar-refractivity contribution is 0.0730. The summed E-state index contributed by atoms with van der Waals surface area (Å²) in [5.41, 5.74) is 0.825. The summed E-state index contributed by atoms with van der Waals surface area (Å²) in [6.07, 6.45) is 0. The molecule has 0 spiro atoms.